The first kappa shape index (κ1) is 24.3. The van der Waals surface area contributed by atoms with Crippen molar-refractivity contribution in [3.8, 4) is 11.3 Å². The number of halogens is 5. The van der Waals surface area contributed by atoms with Crippen LogP contribution in [0.25, 0.3) is 16.9 Å². The van der Waals surface area contributed by atoms with Gasteiger partial charge in [0.25, 0.3) is 0 Å². The number of amides is 1. The predicted octanol–water partition coefficient (Wildman–Crippen LogP) is 5.70. The number of imidazole rings is 1. The van der Waals surface area contributed by atoms with Gasteiger partial charge in [-0.3, -0.25) is 4.79 Å². The number of anilines is 3. The second kappa shape index (κ2) is 9.41. The molecular formula is C23H19ClF4N6O. The molecule has 4 aromatic rings. The van der Waals surface area contributed by atoms with Crippen molar-refractivity contribution in [3.63, 3.8) is 0 Å². The molecule has 0 aliphatic carbocycles. The fourth-order valence-corrected chi connectivity index (χ4v) is 3.63. The summed E-state index contributed by atoms with van der Waals surface area (Å²) in [4.78, 5) is 15.9. The molecule has 35 heavy (non-hydrogen) atoms. The minimum atomic E-state index is -4.33. The van der Waals surface area contributed by atoms with E-state index in [-0.39, 0.29) is 28.7 Å². The van der Waals surface area contributed by atoms with Crippen LogP contribution in [0.5, 0.6) is 0 Å². The maximum atomic E-state index is 13.9. The minimum absolute atomic E-state index is 0.0554. The fourth-order valence-electron chi connectivity index (χ4n) is 3.52. The van der Waals surface area contributed by atoms with Crippen LogP contribution in [-0.4, -0.2) is 33.2 Å². The van der Waals surface area contributed by atoms with Gasteiger partial charge in [-0.25, -0.2) is 13.9 Å². The van der Waals surface area contributed by atoms with Gasteiger partial charge >= 0.3 is 6.18 Å². The zero-order chi connectivity index (χ0) is 25.3. The lowest BCUT2D eigenvalue weighted by molar-refractivity contribution is -0.131. The number of hydrogen-bond acceptors (Lipinski definition) is 5. The first-order chi connectivity index (χ1) is 16.5. The van der Waals surface area contributed by atoms with Crippen molar-refractivity contribution in [2.75, 3.05) is 17.2 Å². The molecule has 0 spiro atoms. The van der Waals surface area contributed by atoms with Crippen LogP contribution >= 0.6 is 11.6 Å². The van der Waals surface area contributed by atoms with Crippen LogP contribution in [0, 0.1) is 12.7 Å². The molecule has 0 aliphatic rings. The molecule has 0 fully saturated rings. The molecule has 4 N–H and O–H groups in total. The van der Waals surface area contributed by atoms with Gasteiger partial charge in [0.1, 0.15) is 5.82 Å². The standard InChI is InChI=1S/C23H19ClF4N6O/c1-12-8-13(2-4-15(12)21(29)35)19-11-31-22-18(30-7-6-23(26,27)28)10-20(33-34(19)22)32-14-3-5-16(24)17(25)9-14/h2-5,8-11,30H,6-7H2,1H3,(H2,29,35)(H,32,33). The Hall–Kier alpha value is -3.86. The Labute approximate surface area is 201 Å². The third kappa shape index (κ3) is 5.46. The Bertz CT molecular complexity index is 1420. The summed E-state index contributed by atoms with van der Waals surface area (Å²) in [6, 6.07) is 10.5. The fraction of sp³-hybridized carbons (Fsp3) is 0.174. The average Bonchev–Trinajstić information content (AvgIpc) is 3.19. The van der Waals surface area contributed by atoms with E-state index in [4.69, 9.17) is 17.3 Å². The molecule has 0 radical (unpaired) electrons. The molecule has 2 aromatic carbocycles. The number of rotatable bonds is 7. The van der Waals surface area contributed by atoms with E-state index >= 15 is 0 Å². The smallest absolute Gasteiger partial charge is 0.382 e. The Morgan fingerprint density at radius 3 is 2.60 bits per heavy atom. The summed E-state index contributed by atoms with van der Waals surface area (Å²) < 4.78 is 53.4. The maximum Gasteiger partial charge on any atom is 0.390 e. The van der Waals surface area contributed by atoms with E-state index in [2.05, 4.69) is 20.7 Å². The highest BCUT2D eigenvalue weighted by Gasteiger charge is 2.26. The van der Waals surface area contributed by atoms with Crippen molar-refractivity contribution in [2.45, 2.75) is 19.5 Å². The van der Waals surface area contributed by atoms with Crippen LogP contribution in [0.2, 0.25) is 5.02 Å². The third-order valence-corrected chi connectivity index (χ3v) is 5.48. The third-order valence-electron chi connectivity index (χ3n) is 5.17. The minimum Gasteiger partial charge on any atom is -0.382 e. The summed E-state index contributed by atoms with van der Waals surface area (Å²) in [5.74, 6) is -0.990. The number of aromatic nitrogens is 3. The number of alkyl halides is 3. The summed E-state index contributed by atoms with van der Waals surface area (Å²) >= 11 is 5.74. The van der Waals surface area contributed by atoms with Crippen molar-refractivity contribution in [3.05, 3.63) is 70.6 Å². The van der Waals surface area contributed by atoms with Gasteiger partial charge in [-0.2, -0.15) is 13.2 Å². The highest BCUT2D eigenvalue weighted by molar-refractivity contribution is 6.30. The Morgan fingerprint density at radius 1 is 1.17 bits per heavy atom. The summed E-state index contributed by atoms with van der Waals surface area (Å²) in [5.41, 5.74) is 8.46. The number of fused-ring (bicyclic) bond motifs is 1. The number of carbonyl (C=O) groups excluding carboxylic acids is 1. The summed E-state index contributed by atoms with van der Waals surface area (Å²) in [5, 5.41) is 10.1. The summed E-state index contributed by atoms with van der Waals surface area (Å²) in [6.45, 7) is 1.35. The molecule has 0 aliphatic heterocycles. The van der Waals surface area contributed by atoms with Gasteiger partial charge in [0.2, 0.25) is 5.91 Å². The largest absolute Gasteiger partial charge is 0.390 e. The number of nitrogens with one attached hydrogen (secondary N) is 2. The van der Waals surface area contributed by atoms with Gasteiger partial charge in [0.05, 0.1) is 29.0 Å². The second-order valence-corrected chi connectivity index (χ2v) is 8.17. The highest BCUT2D eigenvalue weighted by Crippen LogP contribution is 2.29. The number of nitrogens with two attached hydrogens (primary N) is 1. The van der Waals surface area contributed by atoms with Crippen molar-refractivity contribution in [2.24, 2.45) is 5.73 Å². The van der Waals surface area contributed by atoms with Gasteiger partial charge in [0.15, 0.2) is 11.5 Å². The summed E-state index contributed by atoms with van der Waals surface area (Å²) in [7, 11) is 0. The highest BCUT2D eigenvalue weighted by atomic mass is 35.5. The van der Waals surface area contributed by atoms with E-state index in [1.807, 2.05) is 0 Å². The molecule has 7 nitrogen and oxygen atoms in total. The van der Waals surface area contributed by atoms with Gasteiger partial charge in [-0.15, -0.1) is 5.10 Å². The van der Waals surface area contributed by atoms with Crippen molar-refractivity contribution >= 4 is 40.3 Å². The number of hydrogen-bond donors (Lipinski definition) is 3. The van der Waals surface area contributed by atoms with Crippen LogP contribution in [0.4, 0.5) is 34.8 Å². The Morgan fingerprint density at radius 2 is 1.94 bits per heavy atom. The Balaban J connectivity index is 1.78. The topological polar surface area (TPSA) is 97.3 Å². The van der Waals surface area contributed by atoms with E-state index in [1.54, 1.807) is 25.1 Å². The molecule has 0 unspecified atom stereocenters. The van der Waals surface area contributed by atoms with Crippen LogP contribution in [0.15, 0.2) is 48.7 Å². The lowest BCUT2D eigenvalue weighted by Crippen LogP contribution is -2.15. The normalized spacial score (nSPS) is 11.6. The van der Waals surface area contributed by atoms with Crippen molar-refractivity contribution in [1.29, 1.82) is 0 Å². The zero-order valence-electron chi connectivity index (χ0n) is 18.3. The summed E-state index contributed by atoms with van der Waals surface area (Å²) in [6.07, 6.45) is -3.87. The number of primary amides is 1. The zero-order valence-corrected chi connectivity index (χ0v) is 19.0. The molecule has 0 atom stereocenters. The number of nitrogens with zero attached hydrogens (tertiary/aromatic N) is 3. The monoisotopic (exact) mass is 506 g/mol. The SMILES string of the molecule is Cc1cc(-c2cnc3c(NCCC(F)(F)F)cc(Nc4ccc(Cl)c(F)c4)nn23)ccc1C(N)=O. The molecule has 12 heteroatoms. The Kier molecular flexibility index (Phi) is 6.53. The first-order valence-electron chi connectivity index (χ1n) is 10.3. The van der Waals surface area contributed by atoms with Crippen LogP contribution in [0.3, 0.4) is 0 Å². The predicted molar refractivity (Wildman–Crippen MR) is 126 cm³/mol. The quantitative estimate of drug-likeness (QED) is 0.279. The molecule has 182 valence electrons. The van der Waals surface area contributed by atoms with Crippen LogP contribution in [0.1, 0.15) is 22.3 Å². The molecule has 2 heterocycles. The number of carbonyl (C=O) groups is 1. The number of aryl methyl sites for hydroxylation is 1. The number of benzene rings is 2. The van der Waals surface area contributed by atoms with Crippen LogP contribution < -0.4 is 16.4 Å². The second-order valence-electron chi connectivity index (χ2n) is 7.76. The molecule has 0 saturated heterocycles. The van der Waals surface area contributed by atoms with Gasteiger partial charge in [-0.1, -0.05) is 17.7 Å². The van der Waals surface area contributed by atoms with E-state index < -0.39 is 24.3 Å². The lowest BCUT2D eigenvalue weighted by atomic mass is 10.0. The molecule has 1 amide bonds. The average molecular weight is 507 g/mol. The van der Waals surface area contributed by atoms with E-state index in [9.17, 15) is 22.4 Å². The molecule has 4 rings (SSSR count). The van der Waals surface area contributed by atoms with Crippen molar-refractivity contribution < 1.29 is 22.4 Å². The van der Waals surface area contributed by atoms with Crippen molar-refractivity contribution in [1.82, 2.24) is 14.6 Å². The van der Waals surface area contributed by atoms with E-state index in [0.717, 1.165) is 0 Å². The first-order valence-corrected chi connectivity index (χ1v) is 10.7. The molecule has 0 saturated carbocycles. The maximum absolute atomic E-state index is 13.9. The van der Waals surface area contributed by atoms with Gasteiger partial charge in [-0.05, 0) is 42.8 Å². The molecule has 0 bridgehead atoms. The van der Waals surface area contributed by atoms with Gasteiger partial charge < -0.3 is 16.4 Å². The van der Waals surface area contributed by atoms with E-state index in [0.29, 0.717) is 28.1 Å². The van der Waals surface area contributed by atoms with Gasteiger partial charge in [0, 0.05) is 29.4 Å². The van der Waals surface area contributed by atoms with E-state index in [1.165, 1.54) is 35.0 Å². The lowest BCUT2D eigenvalue weighted by Gasteiger charge is -2.13. The molecular weight excluding hydrogens is 488 g/mol. The molecule has 2 aromatic heterocycles. The van der Waals surface area contributed by atoms with Crippen LogP contribution in [-0.2, 0) is 0 Å².